The van der Waals surface area contributed by atoms with E-state index in [-0.39, 0.29) is 5.95 Å². The second kappa shape index (κ2) is 7.68. The fraction of sp³-hybridized carbons (Fsp3) is 0.214. The normalized spacial score (nSPS) is 9.29. The van der Waals surface area contributed by atoms with Crippen LogP contribution in [-0.2, 0) is 0 Å². The van der Waals surface area contributed by atoms with Crippen molar-refractivity contribution < 1.29 is 14.3 Å². The third-order valence-electron chi connectivity index (χ3n) is 2.57. The number of hydrogen-bond acceptors (Lipinski definition) is 7. The number of rotatable bonds is 3. The van der Waals surface area contributed by atoms with Crippen LogP contribution in [0.3, 0.4) is 0 Å². The van der Waals surface area contributed by atoms with Crippen molar-refractivity contribution in [2.24, 2.45) is 0 Å². The lowest BCUT2D eigenvalue weighted by molar-refractivity contribution is 0.112. The van der Waals surface area contributed by atoms with E-state index in [1.807, 2.05) is 0 Å². The number of methoxy groups -OCH3 is 2. The fourth-order valence-electron chi connectivity index (χ4n) is 1.46. The van der Waals surface area contributed by atoms with Crippen LogP contribution in [0.1, 0.15) is 16.1 Å². The van der Waals surface area contributed by atoms with E-state index in [4.69, 9.17) is 20.9 Å². The van der Waals surface area contributed by atoms with Gasteiger partial charge in [0.15, 0.2) is 17.8 Å². The number of nitrogens with two attached hydrogens (primary N) is 2. The molecule has 0 fully saturated rings. The van der Waals surface area contributed by atoms with Crippen LogP contribution in [0.2, 0.25) is 0 Å². The standard InChI is InChI=1S/C8H11NO2.C6H7N3O/c1-10-7-4-3-6(9)5-8(7)11-2;1-4-5(3-10)2-8-6(7)9-4/h3-5H,9H2,1-2H3;2-3H,1H3,(H2,7,8,9). The number of ether oxygens (including phenoxy) is 2. The minimum Gasteiger partial charge on any atom is -0.493 e. The molecule has 7 heteroatoms. The monoisotopic (exact) mass is 290 g/mol. The molecule has 0 atom stereocenters. The topological polar surface area (TPSA) is 113 Å². The zero-order valence-electron chi connectivity index (χ0n) is 12.2. The lowest BCUT2D eigenvalue weighted by Crippen LogP contribution is -1.99. The smallest absolute Gasteiger partial charge is 0.220 e. The zero-order chi connectivity index (χ0) is 15.8. The molecule has 2 rings (SSSR count). The van der Waals surface area contributed by atoms with Gasteiger partial charge in [0.1, 0.15) is 0 Å². The third kappa shape index (κ3) is 4.64. The van der Waals surface area contributed by atoms with Gasteiger partial charge in [-0.3, -0.25) is 4.79 Å². The number of anilines is 2. The number of benzene rings is 1. The van der Waals surface area contributed by atoms with E-state index in [1.54, 1.807) is 39.3 Å². The summed E-state index contributed by atoms with van der Waals surface area (Å²) < 4.78 is 10.0. The highest BCUT2D eigenvalue weighted by molar-refractivity contribution is 5.75. The Labute approximate surface area is 122 Å². The molecule has 0 spiro atoms. The van der Waals surface area contributed by atoms with E-state index >= 15 is 0 Å². The van der Waals surface area contributed by atoms with Gasteiger partial charge in [0.05, 0.1) is 25.5 Å². The second-order valence-electron chi connectivity index (χ2n) is 4.00. The molecule has 0 radical (unpaired) electrons. The summed E-state index contributed by atoms with van der Waals surface area (Å²) in [7, 11) is 3.17. The molecule has 0 saturated carbocycles. The zero-order valence-corrected chi connectivity index (χ0v) is 12.2. The van der Waals surface area contributed by atoms with E-state index < -0.39 is 0 Å². The van der Waals surface area contributed by atoms with Gasteiger partial charge in [0.25, 0.3) is 0 Å². The minimum atomic E-state index is 0.197. The largest absolute Gasteiger partial charge is 0.493 e. The summed E-state index contributed by atoms with van der Waals surface area (Å²) in [6.07, 6.45) is 2.11. The first-order valence-electron chi connectivity index (χ1n) is 6.03. The first-order chi connectivity index (χ1) is 10.0. The van der Waals surface area contributed by atoms with Gasteiger partial charge in [0.2, 0.25) is 5.95 Å². The Balaban J connectivity index is 0.000000211. The first kappa shape index (κ1) is 16.2. The van der Waals surface area contributed by atoms with E-state index in [0.29, 0.717) is 34.7 Å². The van der Waals surface area contributed by atoms with E-state index in [2.05, 4.69) is 9.97 Å². The summed E-state index contributed by atoms with van der Waals surface area (Å²) in [6.45, 7) is 1.71. The lowest BCUT2D eigenvalue weighted by atomic mass is 10.3. The molecular formula is C14H18N4O3. The van der Waals surface area contributed by atoms with Gasteiger partial charge in [-0.25, -0.2) is 9.97 Å². The summed E-state index contributed by atoms with van der Waals surface area (Å²) in [5.74, 6) is 1.55. The van der Waals surface area contributed by atoms with Crippen LogP contribution in [-0.4, -0.2) is 30.5 Å². The predicted octanol–water partition coefficient (Wildman–Crippen LogP) is 1.47. The highest BCUT2D eigenvalue weighted by Crippen LogP contribution is 2.28. The molecule has 1 aromatic heterocycles. The third-order valence-corrected chi connectivity index (χ3v) is 2.57. The molecule has 0 bridgehead atoms. The number of aromatic nitrogens is 2. The predicted molar refractivity (Wildman–Crippen MR) is 80.5 cm³/mol. The number of aryl methyl sites for hydroxylation is 1. The van der Waals surface area contributed by atoms with Crippen molar-refractivity contribution in [1.29, 1.82) is 0 Å². The molecule has 112 valence electrons. The fourth-order valence-corrected chi connectivity index (χ4v) is 1.46. The number of carbonyl (C=O) groups is 1. The molecule has 7 nitrogen and oxygen atoms in total. The highest BCUT2D eigenvalue weighted by Gasteiger charge is 2.01. The number of aldehydes is 1. The number of hydrogen-bond donors (Lipinski definition) is 2. The number of nitrogen functional groups attached to an aromatic ring is 2. The van der Waals surface area contributed by atoms with Crippen molar-refractivity contribution in [3.63, 3.8) is 0 Å². The Morgan fingerprint density at radius 2 is 1.81 bits per heavy atom. The van der Waals surface area contributed by atoms with Gasteiger partial charge in [-0.15, -0.1) is 0 Å². The Bertz CT molecular complexity index is 617. The molecule has 0 aliphatic rings. The molecular weight excluding hydrogens is 272 g/mol. The second-order valence-corrected chi connectivity index (χ2v) is 4.00. The first-order valence-corrected chi connectivity index (χ1v) is 6.03. The van der Waals surface area contributed by atoms with Crippen LogP contribution < -0.4 is 20.9 Å². The van der Waals surface area contributed by atoms with Gasteiger partial charge in [-0.05, 0) is 19.1 Å². The Kier molecular flexibility index (Phi) is 5.94. The van der Waals surface area contributed by atoms with Crippen LogP contribution in [0.25, 0.3) is 0 Å². The number of nitrogens with zero attached hydrogens (tertiary/aromatic N) is 2. The van der Waals surface area contributed by atoms with Crippen molar-refractivity contribution in [3.8, 4) is 11.5 Å². The highest BCUT2D eigenvalue weighted by atomic mass is 16.5. The maximum Gasteiger partial charge on any atom is 0.220 e. The van der Waals surface area contributed by atoms with Crippen molar-refractivity contribution in [2.45, 2.75) is 6.92 Å². The molecule has 1 aromatic carbocycles. The van der Waals surface area contributed by atoms with Crippen molar-refractivity contribution in [2.75, 3.05) is 25.7 Å². The lowest BCUT2D eigenvalue weighted by Gasteiger charge is -2.06. The summed E-state index contributed by atoms with van der Waals surface area (Å²) in [6, 6.07) is 5.26. The van der Waals surface area contributed by atoms with Gasteiger partial charge in [-0.2, -0.15) is 0 Å². The number of carbonyl (C=O) groups excluding carboxylic acids is 1. The molecule has 0 saturated heterocycles. The van der Waals surface area contributed by atoms with Gasteiger partial charge in [0, 0.05) is 18.0 Å². The maximum atomic E-state index is 10.2. The van der Waals surface area contributed by atoms with Gasteiger partial charge in [-0.1, -0.05) is 0 Å². The van der Waals surface area contributed by atoms with Crippen LogP contribution in [0.4, 0.5) is 11.6 Å². The van der Waals surface area contributed by atoms with Crippen molar-refractivity contribution in [1.82, 2.24) is 9.97 Å². The molecule has 0 aliphatic heterocycles. The van der Waals surface area contributed by atoms with E-state index in [0.717, 1.165) is 0 Å². The van der Waals surface area contributed by atoms with Crippen LogP contribution >= 0.6 is 0 Å². The summed E-state index contributed by atoms with van der Waals surface area (Å²) in [5.41, 5.74) is 12.5. The molecule has 1 heterocycles. The molecule has 4 N–H and O–H groups in total. The molecule has 0 amide bonds. The Morgan fingerprint density at radius 1 is 1.14 bits per heavy atom. The summed E-state index contributed by atoms with van der Waals surface area (Å²) >= 11 is 0. The average Bonchev–Trinajstić information content (AvgIpc) is 2.48. The van der Waals surface area contributed by atoms with Crippen LogP contribution in [0.5, 0.6) is 11.5 Å². The van der Waals surface area contributed by atoms with Gasteiger partial charge >= 0.3 is 0 Å². The quantitative estimate of drug-likeness (QED) is 0.649. The average molecular weight is 290 g/mol. The molecule has 21 heavy (non-hydrogen) atoms. The Morgan fingerprint density at radius 3 is 2.33 bits per heavy atom. The summed E-state index contributed by atoms with van der Waals surface area (Å²) in [4.78, 5) is 17.6. The SMILES string of the molecule is COc1ccc(N)cc1OC.Cc1nc(N)ncc1C=O. The maximum absolute atomic E-state index is 10.2. The van der Waals surface area contributed by atoms with Crippen LogP contribution in [0.15, 0.2) is 24.4 Å². The minimum absolute atomic E-state index is 0.197. The van der Waals surface area contributed by atoms with Crippen LogP contribution in [0, 0.1) is 6.92 Å². The summed E-state index contributed by atoms with van der Waals surface area (Å²) in [5, 5.41) is 0. The van der Waals surface area contributed by atoms with E-state index in [1.165, 1.54) is 6.20 Å². The molecule has 0 aliphatic carbocycles. The van der Waals surface area contributed by atoms with Crippen molar-refractivity contribution >= 4 is 17.9 Å². The Hall–Kier alpha value is -2.83. The van der Waals surface area contributed by atoms with Gasteiger partial charge < -0.3 is 20.9 Å². The molecule has 0 unspecified atom stereocenters. The van der Waals surface area contributed by atoms with E-state index in [9.17, 15) is 4.79 Å². The molecule has 2 aromatic rings. The van der Waals surface area contributed by atoms with Crippen molar-refractivity contribution in [3.05, 3.63) is 35.7 Å².